The molecule has 8 rings (SSSR count). The maximum absolute atomic E-state index is 12.6. The predicted octanol–water partition coefficient (Wildman–Crippen LogP) is 3.69. The molecule has 3 saturated heterocycles. The molecule has 274 valence electrons. The molecule has 0 bridgehead atoms. The highest BCUT2D eigenvalue weighted by molar-refractivity contribution is 6.31. The number of pyridine rings is 1. The van der Waals surface area contributed by atoms with Gasteiger partial charge in [-0.1, -0.05) is 18.0 Å². The number of nitrogens with two attached hydrogens (primary N) is 1. The van der Waals surface area contributed by atoms with E-state index in [1.54, 1.807) is 29.3 Å². The van der Waals surface area contributed by atoms with Crippen molar-refractivity contribution in [3.05, 3.63) is 70.6 Å². The quantitative estimate of drug-likeness (QED) is 0.256. The number of halogens is 1. The summed E-state index contributed by atoms with van der Waals surface area (Å²) in [6, 6.07) is 12.7. The van der Waals surface area contributed by atoms with Crippen LogP contribution in [0.1, 0.15) is 60.1 Å². The van der Waals surface area contributed by atoms with Crippen molar-refractivity contribution in [3.63, 3.8) is 0 Å². The number of anilines is 3. The summed E-state index contributed by atoms with van der Waals surface area (Å²) in [5.41, 5.74) is 7.96. The summed E-state index contributed by atoms with van der Waals surface area (Å²) in [4.78, 5) is 49.8. The Morgan fingerprint density at radius 3 is 2.53 bits per heavy atom. The fourth-order valence-electron chi connectivity index (χ4n) is 8.05. The van der Waals surface area contributed by atoms with Gasteiger partial charge in [0.25, 0.3) is 5.91 Å². The molecule has 1 aliphatic carbocycles. The Labute approximate surface area is 311 Å². The molecule has 1 aromatic carbocycles. The molecule has 6 heterocycles. The number of carbonyl (C=O) groups excluding carboxylic acids is 3. The molecule has 3 aromatic heterocycles. The number of hydrogen-bond acceptors (Lipinski definition) is 11. The lowest BCUT2D eigenvalue weighted by Crippen LogP contribution is -2.55. The standard InChI is InChI=1S/C37H40ClN11O4/c38-29-17-27(5-4-25(29)19-39)53-37(8-2-1-3-9-37)28-18-31(43-44-34(28)35(40)51)47-22-24(23-47)21-45-12-14-46(15-13-45)26-6-10-48-30(16-26)41-20-33(48)49-11-7-32(50)42-36(49)52/h4-6,10,16-18,20,24H,1-3,7-9,11-15,21-23H2,(H2,40,51)(H,42,50,52). The molecule has 0 radical (unpaired) electrons. The third-order valence-electron chi connectivity index (χ3n) is 10.9. The van der Waals surface area contributed by atoms with Crippen molar-refractivity contribution >= 4 is 52.4 Å². The van der Waals surface area contributed by atoms with E-state index in [0.717, 1.165) is 76.4 Å². The average Bonchev–Trinajstić information content (AvgIpc) is 3.56. The molecule has 0 atom stereocenters. The van der Waals surface area contributed by atoms with E-state index < -0.39 is 17.5 Å². The summed E-state index contributed by atoms with van der Waals surface area (Å²) in [6.45, 7) is 6.57. The van der Waals surface area contributed by atoms with E-state index >= 15 is 0 Å². The fourth-order valence-corrected chi connectivity index (χ4v) is 8.26. The summed E-state index contributed by atoms with van der Waals surface area (Å²) in [5.74, 6) is 1.41. The van der Waals surface area contributed by atoms with Gasteiger partial charge < -0.3 is 20.3 Å². The van der Waals surface area contributed by atoms with Crippen LogP contribution in [0.3, 0.4) is 0 Å². The maximum atomic E-state index is 12.6. The number of nitrogens with one attached hydrogen (secondary N) is 1. The first-order valence-corrected chi connectivity index (χ1v) is 18.4. The second kappa shape index (κ2) is 14.2. The van der Waals surface area contributed by atoms with E-state index in [1.807, 2.05) is 28.8 Å². The number of urea groups is 1. The van der Waals surface area contributed by atoms with Gasteiger partial charge in [-0.2, -0.15) is 5.26 Å². The summed E-state index contributed by atoms with van der Waals surface area (Å²) in [5, 5.41) is 20.8. The van der Waals surface area contributed by atoms with Crippen molar-refractivity contribution in [1.29, 1.82) is 5.26 Å². The second-order valence-corrected chi connectivity index (χ2v) is 14.7. The van der Waals surface area contributed by atoms with Crippen LogP contribution in [0, 0.1) is 17.2 Å². The van der Waals surface area contributed by atoms with Gasteiger partial charge in [0.15, 0.2) is 11.5 Å². The number of primary amides is 1. The number of imidazole rings is 1. The van der Waals surface area contributed by atoms with Crippen molar-refractivity contribution in [3.8, 4) is 11.8 Å². The minimum Gasteiger partial charge on any atom is -0.482 e. The van der Waals surface area contributed by atoms with Crippen LogP contribution in [0.5, 0.6) is 5.75 Å². The van der Waals surface area contributed by atoms with Crippen LogP contribution < -0.4 is 30.5 Å². The van der Waals surface area contributed by atoms with E-state index in [1.165, 1.54) is 0 Å². The third-order valence-corrected chi connectivity index (χ3v) is 11.2. The molecule has 0 spiro atoms. The van der Waals surface area contributed by atoms with Crippen LogP contribution in [0.25, 0.3) is 5.65 Å². The second-order valence-electron chi connectivity index (χ2n) is 14.3. The zero-order valence-electron chi connectivity index (χ0n) is 29.2. The van der Waals surface area contributed by atoms with Gasteiger partial charge in [-0.15, -0.1) is 10.2 Å². The first-order valence-electron chi connectivity index (χ1n) is 18.1. The molecule has 4 fully saturated rings. The number of ether oxygens (including phenoxy) is 1. The highest BCUT2D eigenvalue weighted by atomic mass is 35.5. The Hall–Kier alpha value is -5.46. The van der Waals surface area contributed by atoms with E-state index in [0.29, 0.717) is 58.8 Å². The number of imide groups is 1. The number of benzene rings is 1. The normalized spacial score (nSPS) is 19.5. The van der Waals surface area contributed by atoms with Crippen LogP contribution in [-0.4, -0.2) is 94.7 Å². The molecule has 16 heteroatoms. The summed E-state index contributed by atoms with van der Waals surface area (Å²) < 4.78 is 8.55. The minimum atomic E-state index is -0.829. The zero-order chi connectivity index (χ0) is 36.7. The Balaban J connectivity index is 0.897. The molecule has 4 aromatic rings. The number of piperazine rings is 1. The lowest BCUT2D eigenvalue weighted by molar-refractivity contribution is -0.120. The highest BCUT2D eigenvalue weighted by Crippen LogP contribution is 2.44. The number of carbonyl (C=O) groups is 3. The molecular formula is C37H40ClN11O4. The molecule has 3 aliphatic heterocycles. The molecular weight excluding hydrogens is 698 g/mol. The first-order chi connectivity index (χ1) is 25.7. The molecule has 53 heavy (non-hydrogen) atoms. The number of nitriles is 1. The number of nitrogens with zero attached hydrogens (tertiary/aromatic N) is 9. The van der Waals surface area contributed by atoms with Crippen molar-refractivity contribution in [1.82, 2.24) is 29.8 Å². The molecule has 15 nitrogen and oxygen atoms in total. The third kappa shape index (κ3) is 6.80. The van der Waals surface area contributed by atoms with Gasteiger partial charge in [-0.25, -0.2) is 9.78 Å². The van der Waals surface area contributed by atoms with Gasteiger partial charge in [-0.3, -0.25) is 29.1 Å². The maximum Gasteiger partial charge on any atom is 0.329 e. The summed E-state index contributed by atoms with van der Waals surface area (Å²) in [7, 11) is 0. The Morgan fingerprint density at radius 1 is 1.02 bits per heavy atom. The summed E-state index contributed by atoms with van der Waals surface area (Å²) >= 11 is 6.35. The fraction of sp³-hybridized carbons (Fsp3) is 0.432. The van der Waals surface area contributed by atoms with E-state index in [4.69, 9.17) is 22.1 Å². The average molecular weight is 738 g/mol. The number of amides is 4. The Bertz CT molecular complexity index is 2110. The van der Waals surface area contributed by atoms with Crippen molar-refractivity contribution in [2.24, 2.45) is 11.7 Å². The van der Waals surface area contributed by atoms with Crippen LogP contribution in [0.2, 0.25) is 5.02 Å². The van der Waals surface area contributed by atoms with Gasteiger partial charge >= 0.3 is 6.03 Å². The number of hydrogen-bond donors (Lipinski definition) is 2. The topological polar surface area (TPSA) is 178 Å². The van der Waals surface area contributed by atoms with Crippen LogP contribution in [-0.2, 0) is 10.4 Å². The van der Waals surface area contributed by atoms with Crippen molar-refractivity contribution in [2.45, 2.75) is 44.1 Å². The van der Waals surface area contributed by atoms with E-state index in [9.17, 15) is 19.6 Å². The lowest BCUT2D eigenvalue weighted by Gasteiger charge is -2.45. The molecule has 3 N–H and O–H groups in total. The lowest BCUT2D eigenvalue weighted by atomic mass is 9.78. The Morgan fingerprint density at radius 2 is 1.81 bits per heavy atom. The highest BCUT2D eigenvalue weighted by Gasteiger charge is 2.41. The van der Waals surface area contributed by atoms with Gasteiger partial charge in [0, 0.05) is 94.3 Å². The number of fused-ring (bicyclic) bond motifs is 1. The van der Waals surface area contributed by atoms with Crippen LogP contribution in [0.4, 0.5) is 22.1 Å². The molecule has 4 aliphatic rings. The first kappa shape index (κ1) is 34.6. The van der Waals surface area contributed by atoms with Gasteiger partial charge in [-0.05, 0) is 49.9 Å². The van der Waals surface area contributed by atoms with Crippen LogP contribution >= 0.6 is 11.6 Å². The van der Waals surface area contributed by atoms with E-state index in [2.05, 4.69) is 41.3 Å². The number of aromatic nitrogens is 4. The monoisotopic (exact) mass is 737 g/mol. The van der Waals surface area contributed by atoms with Crippen molar-refractivity contribution < 1.29 is 19.1 Å². The Kier molecular flexibility index (Phi) is 9.25. The predicted molar refractivity (Wildman–Crippen MR) is 197 cm³/mol. The number of rotatable bonds is 9. The van der Waals surface area contributed by atoms with Crippen LogP contribution in [0.15, 0.2) is 48.8 Å². The van der Waals surface area contributed by atoms with Crippen molar-refractivity contribution in [2.75, 3.05) is 67.1 Å². The van der Waals surface area contributed by atoms with Gasteiger partial charge in [0.1, 0.15) is 28.9 Å². The smallest absolute Gasteiger partial charge is 0.329 e. The zero-order valence-corrected chi connectivity index (χ0v) is 30.0. The largest absolute Gasteiger partial charge is 0.482 e. The SMILES string of the molecule is N#Cc1ccc(OC2(c3cc(N4CC(CN5CCN(c6ccn7c(N8CCC(=O)NC8=O)cnc7c6)CC5)C4)nnc3C(N)=O)CCCCC2)cc1Cl. The minimum absolute atomic E-state index is 0.116. The molecule has 4 amide bonds. The molecule has 0 unspecified atom stereocenters. The van der Waals surface area contributed by atoms with E-state index in [-0.39, 0.29) is 18.0 Å². The van der Waals surface area contributed by atoms with Gasteiger partial charge in [0.2, 0.25) is 5.91 Å². The molecule has 1 saturated carbocycles. The summed E-state index contributed by atoms with van der Waals surface area (Å²) in [6.07, 6.45) is 8.12. The van der Waals surface area contributed by atoms with Gasteiger partial charge in [0.05, 0.1) is 16.8 Å².